The number of amides is 2. The molecule has 1 saturated carbocycles. The molecule has 5 rings (SSSR count). The monoisotopic (exact) mass is 655 g/mol. The van der Waals surface area contributed by atoms with Crippen molar-refractivity contribution in [2.24, 2.45) is 12.8 Å². The van der Waals surface area contributed by atoms with E-state index >= 15 is 0 Å². The molecule has 0 aliphatic heterocycles. The summed E-state index contributed by atoms with van der Waals surface area (Å²) in [6.07, 6.45) is 5.05. The Hall–Kier alpha value is -4.43. The lowest BCUT2D eigenvalue weighted by molar-refractivity contribution is -0.138. The lowest BCUT2D eigenvalue weighted by atomic mass is 9.97. The van der Waals surface area contributed by atoms with Crippen LogP contribution in [-0.4, -0.2) is 59.1 Å². The topological polar surface area (TPSA) is 144 Å². The molecule has 0 spiro atoms. The number of urea groups is 1. The van der Waals surface area contributed by atoms with Crippen LogP contribution in [0.4, 0.5) is 35.4 Å². The van der Waals surface area contributed by atoms with Crippen LogP contribution in [0.3, 0.4) is 0 Å². The van der Waals surface area contributed by atoms with Gasteiger partial charge in [0, 0.05) is 49.0 Å². The van der Waals surface area contributed by atoms with Crippen LogP contribution in [0.1, 0.15) is 56.6 Å². The SMILES string of the molecule is CCc1cc(-c2cc(NC(=O)Nc3ccc(OCCCNC)c(C(F)(F)F)c3)nn2C)cc2cnc(NC)nc12.NC1CCCCC1. The molecule has 2 heterocycles. The summed E-state index contributed by atoms with van der Waals surface area (Å²) in [5.41, 5.74) is 8.08. The Morgan fingerprint density at radius 2 is 1.85 bits per heavy atom. The summed E-state index contributed by atoms with van der Waals surface area (Å²) in [7, 11) is 5.24. The summed E-state index contributed by atoms with van der Waals surface area (Å²) < 4.78 is 47.9. The van der Waals surface area contributed by atoms with E-state index in [9.17, 15) is 18.0 Å². The number of hydrogen-bond donors (Lipinski definition) is 5. The van der Waals surface area contributed by atoms with E-state index < -0.39 is 17.8 Å². The number of fused-ring (bicyclic) bond motifs is 1. The fourth-order valence-corrected chi connectivity index (χ4v) is 5.35. The molecule has 0 bridgehead atoms. The molecule has 6 N–H and O–H groups in total. The molecular formula is C33H44F3N9O2. The zero-order chi connectivity index (χ0) is 34.0. The zero-order valence-corrected chi connectivity index (χ0v) is 27.3. The van der Waals surface area contributed by atoms with Gasteiger partial charge < -0.3 is 26.4 Å². The summed E-state index contributed by atoms with van der Waals surface area (Å²) in [5.74, 6) is 0.468. The largest absolute Gasteiger partial charge is 0.493 e. The van der Waals surface area contributed by atoms with Crippen LogP contribution in [0.15, 0.2) is 42.6 Å². The van der Waals surface area contributed by atoms with Crippen LogP contribution < -0.4 is 31.7 Å². The number of carbonyl (C=O) groups is 1. The fraction of sp³-hybridized carbons (Fsp3) is 0.455. The van der Waals surface area contributed by atoms with Gasteiger partial charge in [0.15, 0.2) is 5.82 Å². The second-order valence-electron chi connectivity index (χ2n) is 11.4. The third-order valence-electron chi connectivity index (χ3n) is 7.80. The highest BCUT2D eigenvalue weighted by molar-refractivity contribution is 5.99. The number of nitrogens with two attached hydrogens (primary N) is 1. The number of carbonyl (C=O) groups excluding carboxylic acids is 1. The average Bonchev–Trinajstić information content (AvgIpc) is 3.42. The molecule has 1 aliphatic rings. The number of aryl methyl sites for hydroxylation is 2. The molecule has 11 nitrogen and oxygen atoms in total. The number of benzene rings is 2. The molecule has 14 heteroatoms. The van der Waals surface area contributed by atoms with Gasteiger partial charge in [-0.15, -0.1) is 0 Å². The van der Waals surface area contributed by atoms with Gasteiger partial charge in [-0.25, -0.2) is 14.8 Å². The van der Waals surface area contributed by atoms with E-state index in [1.807, 2.05) is 19.1 Å². The van der Waals surface area contributed by atoms with Crippen molar-refractivity contribution in [3.05, 3.63) is 53.7 Å². The highest BCUT2D eigenvalue weighted by Gasteiger charge is 2.35. The molecule has 0 radical (unpaired) electrons. The molecule has 2 aromatic carbocycles. The fourth-order valence-electron chi connectivity index (χ4n) is 5.35. The molecule has 4 aromatic rings. The van der Waals surface area contributed by atoms with Crippen LogP contribution in [0.2, 0.25) is 0 Å². The summed E-state index contributed by atoms with van der Waals surface area (Å²) in [4.78, 5) is 21.5. The predicted molar refractivity (Wildman–Crippen MR) is 180 cm³/mol. The molecule has 0 unspecified atom stereocenters. The van der Waals surface area contributed by atoms with E-state index in [2.05, 4.69) is 36.3 Å². The number of alkyl halides is 3. The number of halogens is 3. The van der Waals surface area contributed by atoms with Gasteiger partial charge >= 0.3 is 12.2 Å². The Morgan fingerprint density at radius 3 is 2.49 bits per heavy atom. The Balaban J connectivity index is 0.000000632. The van der Waals surface area contributed by atoms with Gasteiger partial charge in [0.2, 0.25) is 5.95 Å². The van der Waals surface area contributed by atoms with E-state index in [1.165, 1.54) is 44.2 Å². The smallest absolute Gasteiger partial charge is 0.420 e. The first kappa shape index (κ1) is 35.4. The van der Waals surface area contributed by atoms with Crippen molar-refractivity contribution in [2.45, 2.75) is 64.1 Å². The van der Waals surface area contributed by atoms with Crippen molar-refractivity contribution in [3.8, 4) is 17.0 Å². The maximum absolute atomic E-state index is 13.6. The van der Waals surface area contributed by atoms with Gasteiger partial charge in [-0.3, -0.25) is 10.00 Å². The molecule has 0 saturated heterocycles. The molecule has 0 atom stereocenters. The Kier molecular flexibility index (Phi) is 12.4. The second kappa shape index (κ2) is 16.4. The maximum Gasteiger partial charge on any atom is 0.420 e. The van der Waals surface area contributed by atoms with Crippen LogP contribution in [0.5, 0.6) is 5.75 Å². The highest BCUT2D eigenvalue weighted by atomic mass is 19.4. The van der Waals surface area contributed by atoms with Crippen LogP contribution in [0.25, 0.3) is 22.2 Å². The third kappa shape index (κ3) is 9.78. The minimum Gasteiger partial charge on any atom is -0.493 e. The predicted octanol–water partition coefficient (Wildman–Crippen LogP) is 6.56. The lowest BCUT2D eigenvalue weighted by Gasteiger charge is -2.16. The average molecular weight is 656 g/mol. The molecule has 254 valence electrons. The second-order valence-corrected chi connectivity index (χ2v) is 11.4. The first-order valence-corrected chi connectivity index (χ1v) is 15.9. The minimum atomic E-state index is -4.65. The number of ether oxygens (including phenoxy) is 1. The van der Waals surface area contributed by atoms with Crippen LogP contribution in [-0.2, 0) is 19.6 Å². The molecule has 2 amide bonds. The van der Waals surface area contributed by atoms with Gasteiger partial charge in [0.05, 0.1) is 23.4 Å². The van der Waals surface area contributed by atoms with E-state index in [1.54, 1.807) is 38.1 Å². The Labute approximate surface area is 272 Å². The standard InChI is InChI=1S/C27H31F3N8O2.C6H13N/c1-5-16-11-17(12-18-15-33-25(32-3)36-24(16)18)21-14-23(37-38(21)4)35-26(39)34-19-7-8-22(40-10-6-9-31-2)20(13-19)27(28,29)30;7-6-4-2-1-3-5-6/h7-8,11-15,31H,5-6,9-10H2,1-4H3,(H,32,33,36)(H2,34,35,37,39);6H,1-5,7H2. The number of aromatic nitrogens is 4. The van der Waals surface area contributed by atoms with E-state index in [-0.39, 0.29) is 23.9 Å². The normalized spacial score (nSPS) is 13.5. The maximum atomic E-state index is 13.6. The van der Waals surface area contributed by atoms with Gasteiger partial charge in [-0.1, -0.05) is 26.2 Å². The number of hydrogen-bond acceptors (Lipinski definition) is 8. The number of rotatable bonds is 10. The van der Waals surface area contributed by atoms with Crippen LogP contribution >= 0.6 is 0 Å². The third-order valence-corrected chi connectivity index (χ3v) is 7.80. The molecule has 1 fully saturated rings. The van der Waals surface area contributed by atoms with Gasteiger partial charge in [-0.05, 0) is 75.2 Å². The zero-order valence-electron chi connectivity index (χ0n) is 27.3. The van der Waals surface area contributed by atoms with Gasteiger partial charge in [-0.2, -0.15) is 18.3 Å². The molecule has 1 aliphatic carbocycles. The molecular weight excluding hydrogens is 611 g/mol. The summed E-state index contributed by atoms with van der Waals surface area (Å²) in [5, 5.41) is 16.1. The molecule has 2 aromatic heterocycles. The first-order chi connectivity index (χ1) is 22.5. The van der Waals surface area contributed by atoms with Crippen LogP contribution in [0, 0.1) is 0 Å². The van der Waals surface area contributed by atoms with Crippen molar-refractivity contribution in [1.82, 2.24) is 25.1 Å². The first-order valence-electron chi connectivity index (χ1n) is 15.9. The lowest BCUT2D eigenvalue weighted by Crippen LogP contribution is -2.22. The van der Waals surface area contributed by atoms with E-state index in [4.69, 9.17) is 10.5 Å². The number of anilines is 3. The van der Waals surface area contributed by atoms with Crippen molar-refractivity contribution < 1.29 is 22.7 Å². The quantitative estimate of drug-likeness (QED) is 0.121. The van der Waals surface area contributed by atoms with Crippen molar-refractivity contribution in [3.63, 3.8) is 0 Å². The number of nitrogens with one attached hydrogen (secondary N) is 4. The van der Waals surface area contributed by atoms with Crippen molar-refractivity contribution >= 4 is 34.4 Å². The van der Waals surface area contributed by atoms with Crippen molar-refractivity contribution in [1.29, 1.82) is 0 Å². The van der Waals surface area contributed by atoms with Crippen molar-refractivity contribution in [2.75, 3.05) is 43.2 Å². The van der Waals surface area contributed by atoms with E-state index in [0.717, 1.165) is 40.2 Å². The van der Waals surface area contributed by atoms with Gasteiger partial charge in [0.25, 0.3) is 0 Å². The summed E-state index contributed by atoms with van der Waals surface area (Å²) >= 11 is 0. The Bertz CT molecular complexity index is 1640. The van der Waals surface area contributed by atoms with E-state index in [0.29, 0.717) is 25.0 Å². The number of nitrogens with zero attached hydrogens (tertiary/aromatic N) is 4. The highest BCUT2D eigenvalue weighted by Crippen LogP contribution is 2.38. The van der Waals surface area contributed by atoms with Gasteiger partial charge in [0.1, 0.15) is 5.75 Å². The summed E-state index contributed by atoms with van der Waals surface area (Å²) in [6, 6.07) is 8.84. The minimum absolute atomic E-state index is 0.0355. The molecule has 47 heavy (non-hydrogen) atoms. The summed E-state index contributed by atoms with van der Waals surface area (Å²) in [6.45, 7) is 2.77. The Morgan fingerprint density at radius 1 is 1.09 bits per heavy atom.